The van der Waals surface area contributed by atoms with E-state index < -0.39 is 0 Å². The first-order valence-electron chi connectivity index (χ1n) is 6.47. The molecule has 18 heavy (non-hydrogen) atoms. The zero-order chi connectivity index (χ0) is 12.4. The van der Waals surface area contributed by atoms with Crippen molar-refractivity contribution in [3.8, 4) is 0 Å². The van der Waals surface area contributed by atoms with Gasteiger partial charge in [-0.15, -0.1) is 0 Å². The third-order valence-electron chi connectivity index (χ3n) is 3.70. The molecule has 0 unspecified atom stereocenters. The van der Waals surface area contributed by atoms with Gasteiger partial charge in [-0.05, 0) is 49.2 Å². The maximum absolute atomic E-state index is 5.71. The molecule has 3 nitrogen and oxygen atoms in total. The number of benzene rings is 1. The molecule has 2 N–H and O–H groups in total. The fourth-order valence-electron chi connectivity index (χ4n) is 2.63. The molecule has 1 aromatic heterocycles. The molecule has 2 heterocycles. The summed E-state index contributed by atoms with van der Waals surface area (Å²) in [5.74, 6) is 1.71. The smallest absolute Gasteiger partial charge is 0.106 e. The van der Waals surface area contributed by atoms with Gasteiger partial charge in [0.25, 0.3) is 0 Å². The number of nitrogen functional groups attached to an aromatic ring is 1. The molecule has 0 aliphatic carbocycles. The van der Waals surface area contributed by atoms with Crippen LogP contribution in [0.25, 0.3) is 0 Å². The van der Waals surface area contributed by atoms with Crippen molar-refractivity contribution < 1.29 is 4.42 Å². The summed E-state index contributed by atoms with van der Waals surface area (Å²) in [5.41, 5.74) is 7.80. The average molecular weight is 242 g/mol. The molecule has 3 rings (SSSR count). The highest BCUT2D eigenvalue weighted by Crippen LogP contribution is 2.30. The highest BCUT2D eigenvalue weighted by atomic mass is 16.3. The summed E-state index contributed by atoms with van der Waals surface area (Å²) in [4.78, 5) is 2.42. The van der Waals surface area contributed by atoms with E-state index in [1.54, 1.807) is 6.26 Å². The van der Waals surface area contributed by atoms with Crippen molar-refractivity contribution in [3.63, 3.8) is 0 Å². The molecule has 0 atom stereocenters. The maximum atomic E-state index is 5.71. The van der Waals surface area contributed by atoms with Crippen LogP contribution in [0.15, 0.2) is 47.1 Å². The van der Waals surface area contributed by atoms with Crippen LogP contribution in [-0.4, -0.2) is 13.1 Å². The van der Waals surface area contributed by atoms with E-state index >= 15 is 0 Å². The molecule has 0 amide bonds. The van der Waals surface area contributed by atoms with Crippen molar-refractivity contribution in [3.05, 3.63) is 48.4 Å². The lowest BCUT2D eigenvalue weighted by atomic mass is 9.94. The Morgan fingerprint density at radius 1 is 1.06 bits per heavy atom. The lowest BCUT2D eigenvalue weighted by molar-refractivity contribution is 0.406. The van der Waals surface area contributed by atoms with Crippen molar-refractivity contribution in [2.45, 2.75) is 18.8 Å². The first-order valence-corrected chi connectivity index (χ1v) is 6.47. The van der Waals surface area contributed by atoms with Crippen LogP contribution in [0.2, 0.25) is 0 Å². The Labute approximate surface area is 107 Å². The van der Waals surface area contributed by atoms with Gasteiger partial charge in [-0.2, -0.15) is 0 Å². The minimum absolute atomic E-state index is 0.574. The molecule has 2 aromatic rings. The average Bonchev–Trinajstić information content (AvgIpc) is 2.94. The topological polar surface area (TPSA) is 42.4 Å². The van der Waals surface area contributed by atoms with Crippen molar-refractivity contribution in [2.75, 3.05) is 23.7 Å². The maximum Gasteiger partial charge on any atom is 0.106 e. The molecular weight excluding hydrogens is 224 g/mol. The second-order valence-corrected chi connectivity index (χ2v) is 4.87. The Bertz CT molecular complexity index is 482. The summed E-state index contributed by atoms with van der Waals surface area (Å²) >= 11 is 0. The van der Waals surface area contributed by atoms with Gasteiger partial charge in [0, 0.05) is 30.4 Å². The molecule has 1 aromatic carbocycles. The highest BCUT2D eigenvalue weighted by Gasteiger charge is 2.22. The van der Waals surface area contributed by atoms with Crippen molar-refractivity contribution in [1.29, 1.82) is 0 Å². The van der Waals surface area contributed by atoms with Gasteiger partial charge in [0.15, 0.2) is 0 Å². The Morgan fingerprint density at radius 2 is 1.78 bits per heavy atom. The van der Waals surface area contributed by atoms with Crippen LogP contribution < -0.4 is 10.6 Å². The number of rotatable bonds is 2. The van der Waals surface area contributed by atoms with Crippen molar-refractivity contribution in [2.24, 2.45) is 0 Å². The molecule has 0 bridgehead atoms. The van der Waals surface area contributed by atoms with Gasteiger partial charge in [0.1, 0.15) is 5.76 Å². The van der Waals surface area contributed by atoms with Gasteiger partial charge in [0.05, 0.1) is 6.26 Å². The lowest BCUT2D eigenvalue weighted by Gasteiger charge is -2.32. The summed E-state index contributed by atoms with van der Waals surface area (Å²) in [6, 6.07) is 12.2. The van der Waals surface area contributed by atoms with Crippen LogP contribution in [0.5, 0.6) is 0 Å². The summed E-state index contributed by atoms with van der Waals surface area (Å²) in [6.45, 7) is 2.16. The quantitative estimate of drug-likeness (QED) is 0.822. The molecule has 3 heteroatoms. The van der Waals surface area contributed by atoms with Crippen LogP contribution in [-0.2, 0) is 0 Å². The van der Waals surface area contributed by atoms with Gasteiger partial charge in [-0.25, -0.2) is 0 Å². The number of hydrogen-bond acceptors (Lipinski definition) is 3. The first-order chi connectivity index (χ1) is 8.83. The van der Waals surface area contributed by atoms with E-state index in [9.17, 15) is 0 Å². The molecule has 1 aliphatic rings. The van der Waals surface area contributed by atoms with Gasteiger partial charge < -0.3 is 15.1 Å². The molecule has 1 fully saturated rings. The Balaban J connectivity index is 1.65. The van der Waals surface area contributed by atoms with Crippen LogP contribution in [0, 0.1) is 0 Å². The monoisotopic (exact) mass is 242 g/mol. The summed E-state index contributed by atoms with van der Waals surface area (Å²) in [5, 5.41) is 0. The second-order valence-electron chi connectivity index (χ2n) is 4.87. The number of nitrogens with zero attached hydrogens (tertiary/aromatic N) is 1. The van der Waals surface area contributed by atoms with Crippen LogP contribution in [0.1, 0.15) is 24.5 Å². The van der Waals surface area contributed by atoms with E-state index in [1.165, 1.54) is 5.69 Å². The standard InChI is InChI=1S/C15H18N2O/c16-13-3-5-14(6-4-13)17-9-7-12(8-10-17)15-2-1-11-18-15/h1-6,11-12H,7-10,16H2. The van der Waals surface area contributed by atoms with Crippen molar-refractivity contribution in [1.82, 2.24) is 0 Å². The molecular formula is C15H18N2O. The second kappa shape index (κ2) is 4.77. The lowest BCUT2D eigenvalue weighted by Crippen LogP contribution is -2.32. The highest BCUT2D eigenvalue weighted by molar-refractivity contribution is 5.53. The Morgan fingerprint density at radius 3 is 2.39 bits per heavy atom. The molecule has 0 saturated carbocycles. The van der Waals surface area contributed by atoms with E-state index in [2.05, 4.69) is 23.1 Å². The first kappa shape index (κ1) is 11.2. The van der Waals surface area contributed by atoms with E-state index in [4.69, 9.17) is 10.2 Å². The fourth-order valence-corrected chi connectivity index (χ4v) is 2.63. The SMILES string of the molecule is Nc1ccc(N2CCC(c3ccco3)CC2)cc1. The van der Waals surface area contributed by atoms with Crippen LogP contribution >= 0.6 is 0 Å². The molecule has 0 radical (unpaired) electrons. The van der Waals surface area contributed by atoms with E-state index in [-0.39, 0.29) is 0 Å². The van der Waals surface area contributed by atoms with Gasteiger partial charge >= 0.3 is 0 Å². The largest absolute Gasteiger partial charge is 0.469 e. The zero-order valence-corrected chi connectivity index (χ0v) is 10.4. The summed E-state index contributed by atoms with van der Waals surface area (Å²) in [6.07, 6.45) is 4.07. The van der Waals surface area contributed by atoms with Crippen LogP contribution in [0.3, 0.4) is 0 Å². The fraction of sp³-hybridized carbons (Fsp3) is 0.333. The van der Waals surface area contributed by atoms with Gasteiger partial charge in [-0.1, -0.05) is 0 Å². The minimum Gasteiger partial charge on any atom is -0.469 e. The van der Waals surface area contributed by atoms with E-state index in [0.717, 1.165) is 37.4 Å². The molecule has 94 valence electrons. The molecule has 1 saturated heterocycles. The number of hydrogen-bond donors (Lipinski definition) is 1. The Hall–Kier alpha value is -1.90. The molecule has 0 spiro atoms. The predicted molar refractivity (Wildman–Crippen MR) is 73.8 cm³/mol. The number of anilines is 2. The van der Waals surface area contributed by atoms with Crippen molar-refractivity contribution >= 4 is 11.4 Å². The third kappa shape index (κ3) is 2.21. The minimum atomic E-state index is 0.574. The number of nitrogens with two attached hydrogens (primary N) is 1. The van der Waals surface area contributed by atoms with E-state index in [0.29, 0.717) is 5.92 Å². The van der Waals surface area contributed by atoms with E-state index in [1.807, 2.05) is 18.2 Å². The Kier molecular flexibility index (Phi) is 2.97. The normalized spacial score (nSPS) is 17.0. The van der Waals surface area contributed by atoms with Gasteiger partial charge in [-0.3, -0.25) is 0 Å². The summed E-state index contributed by atoms with van der Waals surface area (Å²) < 4.78 is 5.49. The number of piperidine rings is 1. The van der Waals surface area contributed by atoms with Crippen LogP contribution in [0.4, 0.5) is 11.4 Å². The van der Waals surface area contributed by atoms with Gasteiger partial charge in [0.2, 0.25) is 0 Å². The third-order valence-corrected chi connectivity index (χ3v) is 3.70. The predicted octanol–water partition coefficient (Wildman–Crippen LogP) is 3.25. The number of furan rings is 1. The zero-order valence-electron chi connectivity index (χ0n) is 10.4. The summed E-state index contributed by atoms with van der Waals surface area (Å²) in [7, 11) is 0. The molecule has 1 aliphatic heterocycles.